The van der Waals surface area contributed by atoms with E-state index in [2.05, 4.69) is 46.9 Å². The highest BCUT2D eigenvalue weighted by atomic mass is 28.4. The van der Waals surface area contributed by atoms with Gasteiger partial charge in [-0.05, 0) is 105 Å². The molecule has 4 rings (SSSR count). The van der Waals surface area contributed by atoms with Gasteiger partial charge in [-0.15, -0.1) is 0 Å². The number of carbonyl (C=O) groups excluding carboxylic acids is 1. The van der Waals surface area contributed by atoms with Crippen molar-refractivity contribution in [3.63, 3.8) is 0 Å². The van der Waals surface area contributed by atoms with E-state index in [-0.39, 0.29) is 17.1 Å². The minimum atomic E-state index is -1.91. The van der Waals surface area contributed by atoms with Crippen molar-refractivity contribution >= 4 is 14.6 Å². The summed E-state index contributed by atoms with van der Waals surface area (Å²) in [6, 6.07) is 0. The normalized spacial score (nSPS) is 35.1. The predicted octanol–water partition coefficient (Wildman–Crippen LogP) is 7.15. The van der Waals surface area contributed by atoms with Crippen molar-refractivity contribution in [3.8, 4) is 0 Å². The molecule has 2 nitrogen and oxygen atoms in total. The van der Waals surface area contributed by atoms with Crippen LogP contribution in [0, 0.1) is 29.1 Å². The average Bonchev–Trinajstić information content (AvgIpc) is 2.56. The molecule has 0 aromatic carbocycles. The standard InChI is InChI=1S/C25H44O2Si/c1-18(23(19(2)17-26)27-28(6,7)24(3,4)5)9-8-10-25-14-20-11-21(15-25)13-22(12-20)16-25/h9,17,19-23H,8,10-16H2,1-7H3/b18-9+/t19-,20?,21?,22?,23+,25?/m1/s1. The number of aldehydes is 1. The molecule has 0 unspecified atom stereocenters. The highest BCUT2D eigenvalue weighted by molar-refractivity contribution is 6.74. The third-order valence-corrected chi connectivity index (χ3v) is 13.1. The lowest BCUT2D eigenvalue weighted by atomic mass is 9.48. The van der Waals surface area contributed by atoms with Crippen molar-refractivity contribution in [2.75, 3.05) is 0 Å². The Morgan fingerprint density at radius 1 is 1.11 bits per heavy atom. The molecule has 0 amide bonds. The van der Waals surface area contributed by atoms with Gasteiger partial charge in [-0.25, -0.2) is 0 Å². The highest BCUT2D eigenvalue weighted by Crippen LogP contribution is 2.61. The summed E-state index contributed by atoms with van der Waals surface area (Å²) >= 11 is 0. The number of allylic oxidation sites excluding steroid dienone is 1. The largest absolute Gasteiger partial charge is 0.410 e. The van der Waals surface area contributed by atoms with Crippen molar-refractivity contribution in [2.45, 2.75) is 110 Å². The zero-order chi connectivity index (χ0) is 20.7. The second-order valence-corrected chi connectivity index (χ2v) is 17.0. The molecule has 4 fully saturated rings. The Morgan fingerprint density at radius 3 is 2.04 bits per heavy atom. The van der Waals surface area contributed by atoms with Crippen LogP contribution in [0.3, 0.4) is 0 Å². The summed E-state index contributed by atoms with van der Waals surface area (Å²) in [7, 11) is -1.91. The van der Waals surface area contributed by atoms with E-state index in [9.17, 15) is 4.79 Å². The lowest BCUT2D eigenvalue weighted by Gasteiger charge is -2.57. The highest BCUT2D eigenvalue weighted by Gasteiger charge is 2.50. The van der Waals surface area contributed by atoms with Crippen LogP contribution >= 0.6 is 0 Å². The number of carbonyl (C=O) groups is 1. The molecule has 0 N–H and O–H groups in total. The Kier molecular flexibility index (Phi) is 6.38. The molecule has 3 heteroatoms. The Balaban J connectivity index is 1.65. The Hall–Kier alpha value is -0.413. The van der Waals surface area contributed by atoms with Gasteiger partial charge in [0.2, 0.25) is 0 Å². The van der Waals surface area contributed by atoms with Crippen LogP contribution in [-0.2, 0) is 9.22 Å². The lowest BCUT2D eigenvalue weighted by molar-refractivity contribution is -0.112. The predicted molar refractivity (Wildman–Crippen MR) is 121 cm³/mol. The van der Waals surface area contributed by atoms with Gasteiger partial charge in [0.25, 0.3) is 0 Å². The quantitative estimate of drug-likeness (QED) is 0.244. The van der Waals surface area contributed by atoms with Crippen LogP contribution in [0.15, 0.2) is 11.6 Å². The maximum absolute atomic E-state index is 11.6. The van der Waals surface area contributed by atoms with Gasteiger partial charge >= 0.3 is 0 Å². The average molecular weight is 405 g/mol. The SMILES string of the molecule is C/C(=C\CCC12CC3CC(CC(C3)C1)C2)[C@H](O[Si](C)(C)C(C)(C)C)[C@H](C)C=O. The summed E-state index contributed by atoms with van der Waals surface area (Å²) in [5.41, 5.74) is 1.91. The monoisotopic (exact) mass is 404 g/mol. The van der Waals surface area contributed by atoms with Crippen molar-refractivity contribution in [1.29, 1.82) is 0 Å². The number of rotatable bonds is 8. The first kappa shape index (κ1) is 22.3. The fourth-order valence-corrected chi connectivity index (χ4v) is 7.89. The molecule has 0 aromatic heterocycles. The van der Waals surface area contributed by atoms with Gasteiger partial charge in [0.1, 0.15) is 6.29 Å². The van der Waals surface area contributed by atoms with Gasteiger partial charge in [-0.1, -0.05) is 33.8 Å². The van der Waals surface area contributed by atoms with Crippen LogP contribution in [0.2, 0.25) is 18.1 Å². The zero-order valence-corrected chi connectivity index (χ0v) is 20.5. The molecule has 160 valence electrons. The lowest BCUT2D eigenvalue weighted by Crippen LogP contribution is -2.46. The third kappa shape index (κ3) is 4.66. The first-order valence-corrected chi connectivity index (χ1v) is 14.7. The molecule has 0 saturated heterocycles. The molecule has 0 heterocycles. The van der Waals surface area contributed by atoms with E-state index in [0.29, 0.717) is 5.41 Å². The van der Waals surface area contributed by atoms with Gasteiger partial charge < -0.3 is 9.22 Å². The van der Waals surface area contributed by atoms with Gasteiger partial charge in [-0.2, -0.15) is 0 Å². The topological polar surface area (TPSA) is 26.3 Å². The van der Waals surface area contributed by atoms with Crippen molar-refractivity contribution in [1.82, 2.24) is 0 Å². The fourth-order valence-electron chi connectivity index (χ4n) is 6.50. The number of hydrogen-bond acceptors (Lipinski definition) is 2. The summed E-state index contributed by atoms with van der Waals surface area (Å²) in [6.07, 6.45) is 15.0. The van der Waals surface area contributed by atoms with Crippen molar-refractivity contribution in [2.24, 2.45) is 29.1 Å². The van der Waals surface area contributed by atoms with E-state index in [1.165, 1.54) is 50.5 Å². The van der Waals surface area contributed by atoms with E-state index in [1.807, 2.05) is 6.92 Å². The Bertz CT molecular complexity index is 563. The molecule has 4 aliphatic rings. The third-order valence-electron chi connectivity index (χ3n) is 8.67. The van der Waals surface area contributed by atoms with E-state index in [4.69, 9.17) is 4.43 Å². The molecular formula is C25H44O2Si. The summed E-state index contributed by atoms with van der Waals surface area (Å²) in [5, 5.41) is 0.160. The smallest absolute Gasteiger partial charge is 0.192 e. The van der Waals surface area contributed by atoms with E-state index >= 15 is 0 Å². The summed E-state index contributed by atoms with van der Waals surface area (Å²) < 4.78 is 6.70. The van der Waals surface area contributed by atoms with Crippen LogP contribution in [0.1, 0.15) is 86.0 Å². The van der Waals surface area contributed by atoms with Gasteiger partial charge in [0, 0.05) is 5.92 Å². The second-order valence-electron chi connectivity index (χ2n) is 12.2. The first-order valence-electron chi connectivity index (χ1n) is 11.7. The van der Waals surface area contributed by atoms with Crippen LogP contribution in [0.25, 0.3) is 0 Å². The Morgan fingerprint density at radius 2 is 1.61 bits per heavy atom. The van der Waals surface area contributed by atoms with Crippen LogP contribution in [-0.4, -0.2) is 20.7 Å². The van der Waals surface area contributed by atoms with Crippen molar-refractivity contribution < 1.29 is 9.22 Å². The van der Waals surface area contributed by atoms with E-state index in [1.54, 1.807) is 0 Å². The van der Waals surface area contributed by atoms with Crippen LogP contribution in [0.4, 0.5) is 0 Å². The maximum atomic E-state index is 11.6. The molecule has 2 atom stereocenters. The molecule has 4 aliphatic carbocycles. The first-order chi connectivity index (χ1) is 12.9. The molecule has 4 bridgehead atoms. The molecule has 0 spiro atoms. The minimum absolute atomic E-state index is 0.0604. The molecule has 0 radical (unpaired) electrons. The van der Waals surface area contributed by atoms with Crippen molar-refractivity contribution in [3.05, 3.63) is 11.6 Å². The Labute approximate surface area is 175 Å². The maximum Gasteiger partial charge on any atom is 0.192 e. The number of hydrogen-bond donors (Lipinski definition) is 0. The fraction of sp³-hybridized carbons (Fsp3) is 0.880. The minimum Gasteiger partial charge on any atom is -0.410 e. The molecule has 28 heavy (non-hydrogen) atoms. The van der Waals surface area contributed by atoms with E-state index < -0.39 is 8.32 Å². The van der Waals surface area contributed by atoms with Crippen LogP contribution < -0.4 is 0 Å². The van der Waals surface area contributed by atoms with Crippen LogP contribution in [0.5, 0.6) is 0 Å². The van der Waals surface area contributed by atoms with Gasteiger partial charge in [0.05, 0.1) is 6.10 Å². The molecular weight excluding hydrogens is 360 g/mol. The molecule has 0 aromatic rings. The molecule has 0 aliphatic heterocycles. The molecule has 4 saturated carbocycles. The van der Waals surface area contributed by atoms with Gasteiger partial charge in [-0.3, -0.25) is 0 Å². The zero-order valence-electron chi connectivity index (χ0n) is 19.5. The van der Waals surface area contributed by atoms with E-state index in [0.717, 1.165) is 30.5 Å². The summed E-state index contributed by atoms with van der Waals surface area (Å²) in [5.74, 6) is 3.01. The second kappa shape index (κ2) is 8.02. The van der Waals surface area contributed by atoms with Gasteiger partial charge in [0.15, 0.2) is 8.32 Å². The summed E-state index contributed by atoms with van der Waals surface area (Å²) in [4.78, 5) is 11.6. The summed E-state index contributed by atoms with van der Waals surface area (Å²) in [6.45, 7) is 15.6.